The predicted octanol–water partition coefficient (Wildman–Crippen LogP) is 4.12. The number of pyridine rings is 1. The van der Waals surface area contributed by atoms with Crippen molar-refractivity contribution in [2.24, 2.45) is 7.05 Å². The Morgan fingerprint density at radius 3 is 2.67 bits per heavy atom. The van der Waals surface area contributed by atoms with Gasteiger partial charge in [-0.25, -0.2) is 24.0 Å². The average Bonchev–Trinajstić information content (AvgIpc) is 3.34. The summed E-state index contributed by atoms with van der Waals surface area (Å²) < 4.78 is 23.7. The van der Waals surface area contributed by atoms with Crippen molar-refractivity contribution < 1.29 is 13.9 Å². The van der Waals surface area contributed by atoms with Gasteiger partial charge in [-0.3, -0.25) is 4.79 Å². The van der Waals surface area contributed by atoms with Gasteiger partial charge in [0.25, 0.3) is 0 Å². The highest BCUT2D eigenvalue weighted by atomic mass is 19.1. The Morgan fingerprint density at radius 1 is 1.07 bits per heavy atom. The number of fused-ring (bicyclic) bond motifs is 2. The predicted molar refractivity (Wildman–Crippen MR) is 149 cm³/mol. The highest BCUT2D eigenvalue weighted by Gasteiger charge is 2.25. The molecule has 4 heterocycles. The van der Waals surface area contributed by atoms with Crippen LogP contribution < -0.4 is 15.0 Å². The first kappa shape index (κ1) is 25.2. The second-order valence-corrected chi connectivity index (χ2v) is 9.47. The van der Waals surface area contributed by atoms with Crippen molar-refractivity contribution in [3.8, 4) is 11.5 Å². The molecule has 12 heteroatoms. The highest BCUT2D eigenvalue weighted by molar-refractivity contribution is 5.93. The number of rotatable bonds is 6. The van der Waals surface area contributed by atoms with Crippen LogP contribution in [0.5, 0.6) is 11.5 Å². The molecule has 6 rings (SSSR count). The van der Waals surface area contributed by atoms with E-state index in [2.05, 4.69) is 37.2 Å². The third-order valence-corrected chi connectivity index (χ3v) is 6.91. The summed E-state index contributed by atoms with van der Waals surface area (Å²) in [6, 6.07) is 11.2. The largest absolute Gasteiger partial charge is 0.457 e. The number of hydrogen-bond acceptors (Lipinski definition) is 9. The van der Waals surface area contributed by atoms with Crippen LogP contribution in [0.15, 0.2) is 61.6 Å². The van der Waals surface area contributed by atoms with Gasteiger partial charge in [-0.05, 0) is 48.9 Å². The molecule has 1 fully saturated rings. The maximum absolute atomic E-state index is 15.9. The molecular formula is C28H26FN9O2. The van der Waals surface area contributed by atoms with Crippen LogP contribution in [-0.2, 0) is 11.8 Å². The maximum atomic E-state index is 15.9. The van der Waals surface area contributed by atoms with Crippen molar-refractivity contribution in [3.63, 3.8) is 0 Å². The van der Waals surface area contributed by atoms with E-state index in [0.29, 0.717) is 54.7 Å². The number of carbonyl (C=O) groups is 1. The SMILES string of the molecule is C=CC(=O)N1CCN(c2ncc3ncnc(Nc4ccc(Oc5ccc6c(c5)nnn6C)c(C)c4)c3c2F)CC1. The zero-order chi connectivity index (χ0) is 27.8. The molecule has 0 aliphatic carbocycles. The molecule has 0 radical (unpaired) electrons. The van der Waals surface area contributed by atoms with E-state index >= 15 is 4.39 Å². The fourth-order valence-corrected chi connectivity index (χ4v) is 4.78. The molecule has 1 amide bonds. The normalized spacial score (nSPS) is 13.6. The monoisotopic (exact) mass is 539 g/mol. The van der Waals surface area contributed by atoms with Crippen molar-refractivity contribution in [1.29, 1.82) is 0 Å². The summed E-state index contributed by atoms with van der Waals surface area (Å²) in [5.41, 5.74) is 3.63. The first-order valence-electron chi connectivity index (χ1n) is 12.7. The van der Waals surface area contributed by atoms with Gasteiger partial charge in [0.2, 0.25) is 5.91 Å². The summed E-state index contributed by atoms with van der Waals surface area (Å²) in [7, 11) is 1.84. The van der Waals surface area contributed by atoms with Gasteiger partial charge in [0.1, 0.15) is 29.2 Å². The lowest BCUT2D eigenvalue weighted by molar-refractivity contribution is -0.126. The van der Waals surface area contributed by atoms with Crippen LogP contribution in [0.2, 0.25) is 0 Å². The van der Waals surface area contributed by atoms with Gasteiger partial charge in [0, 0.05) is 45.0 Å². The number of anilines is 3. The number of hydrogen-bond donors (Lipinski definition) is 1. The second kappa shape index (κ2) is 10.2. The van der Waals surface area contributed by atoms with E-state index in [1.54, 1.807) is 9.58 Å². The van der Waals surface area contributed by atoms with E-state index in [-0.39, 0.29) is 17.1 Å². The van der Waals surface area contributed by atoms with Crippen LogP contribution >= 0.6 is 0 Å². The van der Waals surface area contributed by atoms with Gasteiger partial charge >= 0.3 is 0 Å². The minimum atomic E-state index is -0.514. The Bertz CT molecular complexity index is 1760. The highest BCUT2D eigenvalue weighted by Crippen LogP contribution is 2.33. The Labute approximate surface area is 228 Å². The number of carbonyl (C=O) groups excluding carboxylic acids is 1. The van der Waals surface area contributed by atoms with Crippen molar-refractivity contribution in [2.75, 3.05) is 36.4 Å². The quantitative estimate of drug-likeness (QED) is 0.318. The zero-order valence-electron chi connectivity index (χ0n) is 22.0. The third-order valence-electron chi connectivity index (χ3n) is 6.91. The lowest BCUT2D eigenvalue weighted by atomic mass is 10.2. The number of nitrogens with zero attached hydrogens (tertiary/aromatic N) is 8. The molecule has 0 spiro atoms. The summed E-state index contributed by atoms with van der Waals surface area (Å²) in [6.07, 6.45) is 4.20. The van der Waals surface area contributed by atoms with Crippen LogP contribution in [0.25, 0.3) is 21.9 Å². The number of piperazine rings is 1. The van der Waals surface area contributed by atoms with E-state index in [4.69, 9.17) is 4.74 Å². The Balaban J connectivity index is 1.24. The molecule has 1 N–H and O–H groups in total. The number of nitrogens with one attached hydrogen (secondary N) is 1. The number of ether oxygens (including phenoxy) is 1. The number of amides is 1. The smallest absolute Gasteiger partial charge is 0.246 e. The molecule has 1 aliphatic rings. The van der Waals surface area contributed by atoms with Crippen LogP contribution in [-0.4, -0.2) is 66.9 Å². The molecule has 40 heavy (non-hydrogen) atoms. The second-order valence-electron chi connectivity index (χ2n) is 9.47. The van der Waals surface area contributed by atoms with Gasteiger partial charge < -0.3 is 19.9 Å². The standard InChI is InChI=1S/C28H26FN9O2/c1-4-24(39)37-9-11-38(12-10-37)28-26(29)25-21(15-30-28)31-16-32-27(25)33-18-5-8-23(17(2)13-18)40-19-6-7-22-20(14-19)34-35-36(22)3/h4-8,13-16H,1,9-12H2,2-3H3,(H,31,32,33). The van der Waals surface area contributed by atoms with Crippen molar-refractivity contribution in [2.45, 2.75) is 6.92 Å². The topological polar surface area (TPSA) is 114 Å². The van der Waals surface area contributed by atoms with E-state index in [9.17, 15) is 4.79 Å². The number of aromatic nitrogens is 6. The fourth-order valence-electron chi connectivity index (χ4n) is 4.78. The zero-order valence-corrected chi connectivity index (χ0v) is 22.0. The molecule has 0 saturated carbocycles. The molecule has 0 unspecified atom stereocenters. The molecule has 2 aromatic carbocycles. The van der Waals surface area contributed by atoms with Gasteiger partial charge in [0.15, 0.2) is 11.6 Å². The summed E-state index contributed by atoms with van der Waals surface area (Å²) in [4.78, 5) is 28.3. The van der Waals surface area contributed by atoms with Gasteiger partial charge in [-0.15, -0.1) is 5.10 Å². The van der Waals surface area contributed by atoms with Crippen LogP contribution in [0.4, 0.5) is 21.7 Å². The Kier molecular flexibility index (Phi) is 6.42. The number of halogens is 1. The van der Waals surface area contributed by atoms with Gasteiger partial charge in [-0.2, -0.15) is 0 Å². The third kappa shape index (κ3) is 4.64. The Hall–Kier alpha value is -5.13. The fraction of sp³-hybridized carbons (Fsp3) is 0.214. The van der Waals surface area contributed by atoms with Crippen LogP contribution in [0, 0.1) is 12.7 Å². The molecule has 11 nitrogen and oxygen atoms in total. The molecule has 5 aromatic rings. The van der Waals surface area contributed by atoms with E-state index < -0.39 is 5.82 Å². The van der Waals surface area contributed by atoms with Crippen molar-refractivity contribution >= 4 is 45.2 Å². The van der Waals surface area contributed by atoms with E-state index in [0.717, 1.165) is 16.6 Å². The maximum Gasteiger partial charge on any atom is 0.246 e. The minimum Gasteiger partial charge on any atom is -0.457 e. The van der Waals surface area contributed by atoms with Crippen LogP contribution in [0.1, 0.15) is 5.56 Å². The molecule has 0 atom stereocenters. The lowest BCUT2D eigenvalue weighted by Crippen LogP contribution is -2.48. The molecule has 1 aliphatic heterocycles. The van der Waals surface area contributed by atoms with Gasteiger partial charge in [-0.1, -0.05) is 11.8 Å². The number of benzene rings is 2. The molecule has 202 valence electrons. The molecule has 0 bridgehead atoms. The summed E-state index contributed by atoms with van der Waals surface area (Å²) in [5, 5.41) is 11.6. The first-order chi connectivity index (χ1) is 19.4. The van der Waals surface area contributed by atoms with E-state index in [1.807, 2.05) is 55.3 Å². The van der Waals surface area contributed by atoms with Crippen molar-refractivity contribution in [3.05, 3.63) is 73.0 Å². The van der Waals surface area contributed by atoms with E-state index in [1.165, 1.54) is 18.6 Å². The summed E-state index contributed by atoms with van der Waals surface area (Å²) in [6.45, 7) is 7.29. The molecule has 3 aromatic heterocycles. The summed E-state index contributed by atoms with van der Waals surface area (Å²) >= 11 is 0. The lowest BCUT2D eigenvalue weighted by Gasteiger charge is -2.35. The van der Waals surface area contributed by atoms with Gasteiger partial charge in [0.05, 0.1) is 22.6 Å². The first-order valence-corrected chi connectivity index (χ1v) is 12.7. The minimum absolute atomic E-state index is 0.134. The molecular weight excluding hydrogens is 513 g/mol. The molecule has 1 saturated heterocycles. The van der Waals surface area contributed by atoms with Crippen LogP contribution in [0.3, 0.4) is 0 Å². The summed E-state index contributed by atoms with van der Waals surface area (Å²) in [5.74, 6) is 1.21. The van der Waals surface area contributed by atoms with Crippen molar-refractivity contribution in [1.82, 2.24) is 34.8 Å². The Morgan fingerprint density at radius 2 is 1.90 bits per heavy atom. The number of aryl methyl sites for hydroxylation is 2. The average molecular weight is 540 g/mol.